The molecule has 3 heterocycles. The molecule has 0 spiro atoms. The number of H-pyrrole nitrogens is 1. The maximum Gasteiger partial charge on any atom is 0.261 e. The molecule has 1 atom stereocenters. The van der Waals surface area contributed by atoms with Gasteiger partial charge in [0, 0.05) is 31.9 Å². The Labute approximate surface area is 128 Å². The first-order valence-corrected chi connectivity index (χ1v) is 7.33. The maximum absolute atomic E-state index is 12.5. The average molecular weight is 298 g/mol. The molecule has 0 bridgehead atoms. The zero-order chi connectivity index (χ0) is 15.5. The van der Waals surface area contributed by atoms with Gasteiger partial charge in [0.1, 0.15) is 5.56 Å². The fraction of sp³-hybridized carbons (Fsp3) is 0.312. The first-order chi connectivity index (χ1) is 10.7. The summed E-state index contributed by atoms with van der Waals surface area (Å²) in [4.78, 5) is 33.5. The van der Waals surface area contributed by atoms with Crippen molar-refractivity contribution in [3.05, 3.63) is 52.4 Å². The van der Waals surface area contributed by atoms with Crippen molar-refractivity contribution in [2.45, 2.75) is 13.0 Å². The fourth-order valence-electron chi connectivity index (χ4n) is 2.61. The van der Waals surface area contributed by atoms with Gasteiger partial charge in [0.05, 0.1) is 11.4 Å². The predicted molar refractivity (Wildman–Crippen MR) is 83.7 cm³/mol. The molecule has 2 N–H and O–H groups in total. The Kier molecular flexibility index (Phi) is 4.02. The number of aromatic amines is 1. The quantitative estimate of drug-likeness (QED) is 0.862. The van der Waals surface area contributed by atoms with Crippen molar-refractivity contribution >= 4 is 5.91 Å². The topological polar surface area (TPSA) is 78.1 Å². The number of aromatic nitrogens is 2. The highest BCUT2D eigenvalue weighted by atomic mass is 16.2. The minimum atomic E-state index is -0.376. The number of hydrogen-bond acceptors (Lipinski definition) is 4. The largest absolute Gasteiger partial charge is 0.333 e. The Balaban J connectivity index is 1.89. The van der Waals surface area contributed by atoms with Crippen molar-refractivity contribution in [3.63, 3.8) is 0 Å². The van der Waals surface area contributed by atoms with Crippen LogP contribution in [0, 0.1) is 0 Å². The number of rotatable bonds is 2. The van der Waals surface area contributed by atoms with E-state index < -0.39 is 0 Å². The first kappa shape index (κ1) is 14.5. The Bertz CT molecular complexity index is 726. The lowest BCUT2D eigenvalue weighted by Crippen LogP contribution is -2.53. The molecule has 1 aliphatic rings. The van der Waals surface area contributed by atoms with Crippen LogP contribution in [0.3, 0.4) is 0 Å². The smallest absolute Gasteiger partial charge is 0.261 e. The molecule has 1 aliphatic heterocycles. The molecule has 1 amide bonds. The van der Waals surface area contributed by atoms with Crippen LogP contribution in [0.1, 0.15) is 17.3 Å². The molecule has 2 aromatic heterocycles. The van der Waals surface area contributed by atoms with Crippen LogP contribution < -0.4 is 10.9 Å². The van der Waals surface area contributed by atoms with E-state index in [1.165, 1.54) is 0 Å². The summed E-state index contributed by atoms with van der Waals surface area (Å²) in [7, 11) is 0. The van der Waals surface area contributed by atoms with Crippen LogP contribution in [-0.4, -0.2) is 46.5 Å². The normalized spacial score (nSPS) is 18.2. The molecule has 1 saturated heterocycles. The summed E-state index contributed by atoms with van der Waals surface area (Å²) in [6, 6.07) is 8.86. The number of piperazine rings is 1. The summed E-state index contributed by atoms with van der Waals surface area (Å²) in [6.07, 6.45) is 1.66. The van der Waals surface area contributed by atoms with Crippen LogP contribution in [0.15, 0.2) is 41.3 Å². The minimum absolute atomic E-state index is 0.0797. The number of carbonyl (C=O) groups excluding carboxylic acids is 1. The third-order valence-corrected chi connectivity index (χ3v) is 3.84. The number of pyridine rings is 2. The van der Waals surface area contributed by atoms with Gasteiger partial charge in [-0.25, -0.2) is 0 Å². The highest BCUT2D eigenvalue weighted by molar-refractivity contribution is 5.94. The molecule has 3 rings (SSSR count). The highest BCUT2D eigenvalue weighted by Gasteiger charge is 2.25. The lowest BCUT2D eigenvalue weighted by molar-refractivity contribution is 0.0654. The lowest BCUT2D eigenvalue weighted by atomic mass is 10.1. The van der Waals surface area contributed by atoms with Crippen molar-refractivity contribution in [1.82, 2.24) is 20.2 Å². The third-order valence-electron chi connectivity index (χ3n) is 3.84. The second-order valence-electron chi connectivity index (χ2n) is 5.38. The van der Waals surface area contributed by atoms with E-state index in [9.17, 15) is 9.59 Å². The summed E-state index contributed by atoms with van der Waals surface area (Å²) >= 11 is 0. The molecule has 6 nitrogen and oxygen atoms in total. The Hall–Kier alpha value is -2.47. The summed E-state index contributed by atoms with van der Waals surface area (Å²) in [5, 5.41) is 3.23. The number of carbonyl (C=O) groups is 1. The fourth-order valence-corrected chi connectivity index (χ4v) is 2.61. The van der Waals surface area contributed by atoms with Crippen molar-refractivity contribution in [1.29, 1.82) is 0 Å². The molecule has 1 fully saturated rings. The molecule has 6 heteroatoms. The van der Waals surface area contributed by atoms with Gasteiger partial charge in [-0.3, -0.25) is 14.6 Å². The van der Waals surface area contributed by atoms with E-state index in [-0.39, 0.29) is 23.1 Å². The van der Waals surface area contributed by atoms with Crippen molar-refractivity contribution in [2.75, 3.05) is 19.6 Å². The Morgan fingerprint density at radius 3 is 2.86 bits per heavy atom. The summed E-state index contributed by atoms with van der Waals surface area (Å²) in [5.41, 5.74) is 1.08. The van der Waals surface area contributed by atoms with Crippen LogP contribution in [0.4, 0.5) is 0 Å². The molecular formula is C16H18N4O2. The second-order valence-corrected chi connectivity index (χ2v) is 5.38. The molecule has 2 aromatic rings. The van der Waals surface area contributed by atoms with Crippen molar-refractivity contribution in [3.8, 4) is 11.4 Å². The van der Waals surface area contributed by atoms with E-state index in [4.69, 9.17) is 0 Å². The number of amides is 1. The number of nitrogens with one attached hydrogen (secondary N) is 2. The van der Waals surface area contributed by atoms with Gasteiger partial charge in [-0.15, -0.1) is 0 Å². The molecule has 0 saturated carbocycles. The van der Waals surface area contributed by atoms with E-state index in [0.717, 1.165) is 13.1 Å². The van der Waals surface area contributed by atoms with E-state index in [0.29, 0.717) is 17.9 Å². The second kappa shape index (κ2) is 6.11. The molecule has 0 unspecified atom stereocenters. The van der Waals surface area contributed by atoms with Gasteiger partial charge in [0.2, 0.25) is 0 Å². The summed E-state index contributed by atoms with van der Waals surface area (Å²) in [6.45, 7) is 4.08. The average Bonchev–Trinajstić information content (AvgIpc) is 2.55. The van der Waals surface area contributed by atoms with Crippen LogP contribution >= 0.6 is 0 Å². The van der Waals surface area contributed by atoms with Crippen molar-refractivity contribution < 1.29 is 4.79 Å². The number of nitrogens with zero attached hydrogens (tertiary/aromatic N) is 2. The maximum atomic E-state index is 12.5. The highest BCUT2D eigenvalue weighted by Crippen LogP contribution is 2.13. The van der Waals surface area contributed by atoms with Gasteiger partial charge in [0.25, 0.3) is 11.5 Å². The van der Waals surface area contributed by atoms with Crippen LogP contribution in [0.5, 0.6) is 0 Å². The van der Waals surface area contributed by atoms with Crippen LogP contribution in [0.25, 0.3) is 11.4 Å². The van der Waals surface area contributed by atoms with Gasteiger partial charge in [-0.1, -0.05) is 6.07 Å². The minimum Gasteiger partial charge on any atom is -0.333 e. The molecular weight excluding hydrogens is 280 g/mol. The summed E-state index contributed by atoms with van der Waals surface area (Å²) in [5.74, 6) is -0.220. The molecule has 0 aliphatic carbocycles. The van der Waals surface area contributed by atoms with Crippen LogP contribution in [0.2, 0.25) is 0 Å². The van der Waals surface area contributed by atoms with E-state index in [1.807, 2.05) is 25.1 Å². The molecule has 114 valence electrons. The summed E-state index contributed by atoms with van der Waals surface area (Å²) < 4.78 is 0. The molecule has 0 radical (unpaired) electrons. The van der Waals surface area contributed by atoms with Gasteiger partial charge in [0.15, 0.2) is 0 Å². The Morgan fingerprint density at radius 2 is 2.18 bits per heavy atom. The first-order valence-electron chi connectivity index (χ1n) is 7.33. The zero-order valence-corrected chi connectivity index (χ0v) is 12.4. The van der Waals surface area contributed by atoms with E-state index in [1.54, 1.807) is 23.2 Å². The van der Waals surface area contributed by atoms with Crippen molar-refractivity contribution in [2.24, 2.45) is 0 Å². The van der Waals surface area contributed by atoms with Gasteiger partial charge < -0.3 is 15.2 Å². The molecule has 22 heavy (non-hydrogen) atoms. The SMILES string of the molecule is C[C@@H]1CNCCN1C(=O)c1ccc(-c2ccccn2)[nH]c1=O. The predicted octanol–water partition coefficient (Wildman–Crippen LogP) is 0.871. The lowest BCUT2D eigenvalue weighted by Gasteiger charge is -2.33. The van der Waals surface area contributed by atoms with E-state index >= 15 is 0 Å². The monoisotopic (exact) mass is 298 g/mol. The third kappa shape index (κ3) is 2.78. The Morgan fingerprint density at radius 1 is 1.32 bits per heavy atom. The van der Waals surface area contributed by atoms with Gasteiger partial charge in [-0.2, -0.15) is 0 Å². The molecule has 0 aromatic carbocycles. The van der Waals surface area contributed by atoms with Gasteiger partial charge in [-0.05, 0) is 31.2 Å². The zero-order valence-electron chi connectivity index (χ0n) is 12.4. The standard InChI is InChI=1S/C16H18N4O2/c1-11-10-17-8-9-20(11)16(22)12-5-6-14(19-15(12)21)13-4-2-3-7-18-13/h2-7,11,17H,8-10H2,1H3,(H,19,21)/t11-/m1/s1. The van der Waals surface area contributed by atoms with Gasteiger partial charge >= 0.3 is 0 Å². The number of hydrogen-bond donors (Lipinski definition) is 2. The van der Waals surface area contributed by atoms with E-state index in [2.05, 4.69) is 15.3 Å². The van der Waals surface area contributed by atoms with Crippen LogP contribution in [-0.2, 0) is 0 Å².